The minimum Gasteiger partial charge on any atom is -0.493 e. The van der Waals surface area contributed by atoms with Crippen LogP contribution in [0.3, 0.4) is 0 Å². The normalized spacial score (nSPS) is 18.7. The largest absolute Gasteiger partial charge is 0.493 e. The molecule has 6 nitrogen and oxygen atoms in total. The van der Waals surface area contributed by atoms with Gasteiger partial charge >= 0.3 is 0 Å². The van der Waals surface area contributed by atoms with E-state index in [0.717, 1.165) is 55.2 Å². The number of hydrogen-bond acceptors (Lipinski definition) is 4. The fourth-order valence-corrected chi connectivity index (χ4v) is 6.07. The van der Waals surface area contributed by atoms with Crippen LogP contribution in [-0.4, -0.2) is 43.0 Å². The van der Waals surface area contributed by atoms with Crippen molar-refractivity contribution in [1.82, 2.24) is 4.90 Å². The van der Waals surface area contributed by atoms with Crippen LogP contribution in [0.25, 0.3) is 0 Å². The summed E-state index contributed by atoms with van der Waals surface area (Å²) in [6, 6.07) is 29.5. The quantitative estimate of drug-likeness (QED) is 0.205. The lowest BCUT2D eigenvalue weighted by Crippen LogP contribution is -2.36. The van der Waals surface area contributed by atoms with Crippen molar-refractivity contribution in [2.24, 2.45) is 23.5 Å². The Bertz CT molecular complexity index is 1230. The summed E-state index contributed by atoms with van der Waals surface area (Å²) in [4.78, 5) is 23.3. The van der Waals surface area contributed by atoms with Gasteiger partial charge in [0.05, 0.1) is 6.61 Å². The van der Waals surface area contributed by atoms with E-state index in [0.29, 0.717) is 12.5 Å². The third kappa shape index (κ3) is 9.61. The maximum absolute atomic E-state index is 11.4. The average molecular weight is 554 g/mol. The fourth-order valence-electron chi connectivity index (χ4n) is 6.07. The molecule has 0 spiro atoms. The molecule has 3 atom stereocenters. The number of nitrogens with one attached hydrogen (secondary N) is 1. The van der Waals surface area contributed by atoms with E-state index in [9.17, 15) is 9.59 Å². The molecule has 0 radical (unpaired) electrons. The highest BCUT2D eigenvalue weighted by molar-refractivity contribution is 5.88. The van der Waals surface area contributed by atoms with Crippen molar-refractivity contribution in [3.8, 4) is 5.75 Å². The number of primary amides is 1. The van der Waals surface area contributed by atoms with E-state index < -0.39 is 0 Å². The zero-order chi connectivity index (χ0) is 29.0. The first-order valence-corrected chi connectivity index (χ1v) is 14.6. The molecule has 5 rings (SSSR count). The molecule has 3 aromatic carbocycles. The highest BCUT2D eigenvalue weighted by Crippen LogP contribution is 2.44. The molecule has 2 bridgehead atoms. The molecule has 0 heterocycles. The first-order chi connectivity index (χ1) is 19.9. The van der Waals surface area contributed by atoms with Crippen LogP contribution in [-0.2, 0) is 9.59 Å². The van der Waals surface area contributed by atoms with Gasteiger partial charge in [-0.1, -0.05) is 78.9 Å². The summed E-state index contributed by atoms with van der Waals surface area (Å²) in [5.41, 5.74) is 7.99. The van der Waals surface area contributed by atoms with Gasteiger partial charge < -0.3 is 20.7 Å². The molecule has 2 aliphatic rings. The smallest absolute Gasteiger partial charge is 0.221 e. The Balaban J connectivity index is 0.000000909. The predicted molar refractivity (Wildman–Crippen MR) is 166 cm³/mol. The van der Waals surface area contributed by atoms with Crippen LogP contribution in [0, 0.1) is 17.8 Å². The minimum absolute atomic E-state index is 0.0744. The molecule has 1 fully saturated rings. The lowest BCUT2D eigenvalue weighted by molar-refractivity contribution is -0.116. The van der Waals surface area contributed by atoms with Gasteiger partial charge in [-0.05, 0) is 60.3 Å². The van der Waals surface area contributed by atoms with Gasteiger partial charge in [-0.2, -0.15) is 0 Å². The highest BCUT2D eigenvalue weighted by Gasteiger charge is 2.36. The number of nitrogens with zero attached hydrogens (tertiary/aromatic N) is 1. The third-order valence-electron chi connectivity index (χ3n) is 7.80. The Morgan fingerprint density at radius 2 is 1.59 bits per heavy atom. The number of amides is 2. The van der Waals surface area contributed by atoms with Crippen molar-refractivity contribution in [2.75, 3.05) is 31.6 Å². The Morgan fingerprint density at radius 1 is 0.927 bits per heavy atom. The summed E-state index contributed by atoms with van der Waals surface area (Å²) in [6.07, 6.45) is 8.52. The molecular weight excluding hydrogens is 510 g/mol. The summed E-state index contributed by atoms with van der Waals surface area (Å²) in [5, 5.41) is 2.83. The topological polar surface area (TPSA) is 84.7 Å². The number of rotatable bonds is 12. The van der Waals surface area contributed by atoms with E-state index in [1.54, 1.807) is 0 Å². The number of anilines is 1. The van der Waals surface area contributed by atoms with Crippen LogP contribution in [0.2, 0.25) is 0 Å². The second-order valence-electron chi connectivity index (χ2n) is 11.2. The molecule has 1 saturated carbocycles. The van der Waals surface area contributed by atoms with E-state index in [-0.39, 0.29) is 11.8 Å². The van der Waals surface area contributed by atoms with E-state index in [2.05, 4.69) is 88.8 Å². The molecule has 2 amide bonds. The molecule has 0 saturated heterocycles. The Hall–Kier alpha value is -3.90. The lowest BCUT2D eigenvalue weighted by Gasteiger charge is -2.32. The number of nitrogens with two attached hydrogens (primary N) is 1. The number of ether oxygens (including phenoxy) is 1. The van der Waals surface area contributed by atoms with Crippen molar-refractivity contribution in [3.05, 3.63) is 108 Å². The van der Waals surface area contributed by atoms with Gasteiger partial charge in [-0.25, -0.2) is 0 Å². The zero-order valence-electron chi connectivity index (χ0n) is 24.2. The van der Waals surface area contributed by atoms with Gasteiger partial charge in [0.2, 0.25) is 11.8 Å². The second kappa shape index (κ2) is 15.2. The first-order valence-electron chi connectivity index (χ1n) is 14.6. The number of benzene rings is 3. The monoisotopic (exact) mass is 553 g/mol. The lowest BCUT2D eigenvalue weighted by atomic mass is 9.89. The number of allylic oxidation sites excluding steroid dienone is 2. The van der Waals surface area contributed by atoms with Gasteiger partial charge in [0.25, 0.3) is 0 Å². The number of carbonyl (C=O) groups excluding carboxylic acids is 2. The van der Waals surface area contributed by atoms with Crippen molar-refractivity contribution < 1.29 is 14.3 Å². The van der Waals surface area contributed by atoms with E-state index in [1.165, 1.54) is 37.8 Å². The zero-order valence-corrected chi connectivity index (χ0v) is 24.2. The van der Waals surface area contributed by atoms with E-state index >= 15 is 0 Å². The minimum atomic E-state index is -0.333. The molecule has 0 aromatic heterocycles. The molecular formula is C35H43N3O3. The highest BCUT2D eigenvalue weighted by atomic mass is 16.5. The predicted octanol–water partition coefficient (Wildman–Crippen LogP) is 6.25. The molecule has 6 heteroatoms. The van der Waals surface area contributed by atoms with E-state index in [4.69, 9.17) is 4.74 Å². The number of hydrogen-bond donors (Lipinski definition) is 2. The molecule has 3 unspecified atom stereocenters. The van der Waals surface area contributed by atoms with Crippen molar-refractivity contribution in [1.29, 1.82) is 0 Å². The standard InChI is InChI=1S/C33H38N2O2.C2H5NO/c1-25(36)34-31-14-8-15-32(22-31)37-19-9-18-35(23-30-21-26-16-17-29(30)20-26)24-33(27-10-4-2-5-11-27)28-12-6-3-7-13-28;1-2(3)4/h2-8,10-17,22,26,29-30,33H,9,18-21,23-24H2,1H3,(H,34,36);1H3,(H2,3,4). The van der Waals surface area contributed by atoms with E-state index in [1.807, 2.05) is 24.3 Å². The molecule has 41 heavy (non-hydrogen) atoms. The molecule has 3 aromatic rings. The van der Waals surface area contributed by atoms with Crippen LogP contribution in [0.5, 0.6) is 5.75 Å². The summed E-state index contributed by atoms with van der Waals surface area (Å²) < 4.78 is 6.08. The second-order valence-corrected chi connectivity index (χ2v) is 11.2. The van der Waals surface area contributed by atoms with Gasteiger partial charge in [0, 0.05) is 51.2 Å². The van der Waals surface area contributed by atoms with Crippen molar-refractivity contribution >= 4 is 17.5 Å². The summed E-state index contributed by atoms with van der Waals surface area (Å²) in [5.74, 6) is 3.00. The SMILES string of the molecule is CC(=O)Nc1cccc(OCCCN(CC(c2ccccc2)c2ccccc2)CC2CC3C=CC2C3)c1.CC(N)=O. The van der Waals surface area contributed by atoms with Gasteiger partial charge in [-0.3, -0.25) is 9.59 Å². The van der Waals surface area contributed by atoms with Gasteiger partial charge in [0.15, 0.2) is 0 Å². The van der Waals surface area contributed by atoms with Crippen LogP contribution in [0.4, 0.5) is 5.69 Å². The molecule has 0 aliphatic heterocycles. The Labute approximate surface area is 244 Å². The fraction of sp³-hybridized carbons (Fsp3) is 0.371. The maximum atomic E-state index is 11.4. The maximum Gasteiger partial charge on any atom is 0.221 e. The summed E-state index contributed by atoms with van der Waals surface area (Å²) >= 11 is 0. The first kappa shape index (κ1) is 30.1. The van der Waals surface area contributed by atoms with Crippen LogP contribution >= 0.6 is 0 Å². The van der Waals surface area contributed by atoms with Gasteiger partial charge in [-0.15, -0.1) is 0 Å². The average Bonchev–Trinajstić information content (AvgIpc) is 3.58. The van der Waals surface area contributed by atoms with Gasteiger partial charge in [0.1, 0.15) is 5.75 Å². The van der Waals surface area contributed by atoms with Crippen LogP contribution < -0.4 is 15.8 Å². The van der Waals surface area contributed by atoms with Crippen LogP contribution in [0.1, 0.15) is 50.2 Å². The third-order valence-corrected chi connectivity index (χ3v) is 7.80. The number of carbonyl (C=O) groups is 2. The Morgan fingerprint density at radius 3 is 2.15 bits per heavy atom. The summed E-state index contributed by atoms with van der Waals surface area (Å²) in [7, 11) is 0. The van der Waals surface area contributed by atoms with Crippen LogP contribution in [0.15, 0.2) is 97.1 Å². The molecule has 216 valence electrons. The molecule has 2 aliphatic carbocycles. The van der Waals surface area contributed by atoms with Crippen molar-refractivity contribution in [3.63, 3.8) is 0 Å². The number of fused-ring (bicyclic) bond motifs is 2. The summed E-state index contributed by atoms with van der Waals surface area (Å²) in [6.45, 7) is 6.62. The van der Waals surface area contributed by atoms with Crippen molar-refractivity contribution in [2.45, 2.75) is 39.0 Å². The molecule has 3 N–H and O–H groups in total. The Kier molecular flexibility index (Phi) is 11.1.